The van der Waals surface area contributed by atoms with Gasteiger partial charge in [-0.25, -0.2) is 0 Å². The molecule has 0 nitrogen and oxygen atoms in total. The van der Waals surface area contributed by atoms with Gasteiger partial charge in [-0.2, -0.15) is 0 Å². The fourth-order valence-corrected chi connectivity index (χ4v) is 7.34. The lowest BCUT2D eigenvalue weighted by atomic mass is 9.80. The van der Waals surface area contributed by atoms with Crippen LogP contribution in [-0.4, -0.2) is 14.1 Å². The Labute approximate surface area is 191 Å². The summed E-state index contributed by atoms with van der Waals surface area (Å²) in [6, 6.07) is 14.7. The summed E-state index contributed by atoms with van der Waals surface area (Å²) in [5.74, 6) is 2.53. The van der Waals surface area contributed by atoms with E-state index < -0.39 is 14.1 Å². The van der Waals surface area contributed by atoms with Gasteiger partial charge in [0, 0.05) is 0 Å². The molecule has 0 aliphatic heterocycles. The molecular formula is C29H45Al. The monoisotopic (exact) mass is 420 g/mol. The predicted octanol–water partition coefficient (Wildman–Crippen LogP) is 7.12. The van der Waals surface area contributed by atoms with Crippen molar-refractivity contribution in [2.45, 2.75) is 111 Å². The molecule has 0 radical (unpaired) electrons. The third-order valence-electron chi connectivity index (χ3n) is 6.39. The van der Waals surface area contributed by atoms with E-state index >= 15 is 0 Å². The summed E-state index contributed by atoms with van der Waals surface area (Å²) in [4.78, 5) is 0. The van der Waals surface area contributed by atoms with Gasteiger partial charge in [0.1, 0.15) is 0 Å². The minimum Gasteiger partial charge on any atom is -0.101 e. The van der Waals surface area contributed by atoms with E-state index in [9.17, 15) is 0 Å². The normalized spacial score (nSPS) is 13.5. The van der Waals surface area contributed by atoms with Gasteiger partial charge >= 0.3 is 14.1 Å². The maximum Gasteiger partial charge on any atom is 0.343 e. The van der Waals surface area contributed by atoms with Crippen molar-refractivity contribution in [3.05, 3.63) is 58.7 Å². The first kappa shape index (κ1) is 25.2. The van der Waals surface area contributed by atoms with Crippen LogP contribution in [0.3, 0.4) is 0 Å². The van der Waals surface area contributed by atoms with Gasteiger partial charge in [0.05, 0.1) is 0 Å². The van der Waals surface area contributed by atoms with Crippen LogP contribution in [0.2, 0.25) is 5.79 Å². The topological polar surface area (TPSA) is 0 Å². The molecule has 1 heteroatoms. The minimum absolute atomic E-state index is 0.144. The summed E-state index contributed by atoms with van der Waals surface area (Å²) >= 11 is -1.35. The quantitative estimate of drug-likeness (QED) is 0.454. The van der Waals surface area contributed by atoms with Crippen molar-refractivity contribution >= 4 is 23.0 Å². The molecule has 0 heterocycles. The first-order chi connectivity index (χ1) is 13.3. The summed E-state index contributed by atoms with van der Waals surface area (Å²) in [6.45, 7) is 28.1. The van der Waals surface area contributed by atoms with E-state index in [2.05, 4.69) is 125 Å². The third kappa shape index (κ3) is 5.61. The van der Waals surface area contributed by atoms with Crippen LogP contribution >= 0.6 is 0 Å². The summed E-state index contributed by atoms with van der Waals surface area (Å²) in [6.07, 6.45) is 0. The van der Waals surface area contributed by atoms with Crippen molar-refractivity contribution in [1.82, 2.24) is 0 Å². The molecule has 30 heavy (non-hydrogen) atoms. The largest absolute Gasteiger partial charge is 0.343 e. The van der Waals surface area contributed by atoms with E-state index in [0.29, 0.717) is 0 Å². The Bertz CT molecular complexity index is 814. The second-order valence-electron chi connectivity index (χ2n) is 13.3. The molecule has 0 N–H and O–H groups in total. The average Bonchev–Trinajstić information content (AvgIpc) is 2.57. The molecule has 0 amide bonds. The Balaban J connectivity index is 2.73. The lowest BCUT2D eigenvalue weighted by molar-refractivity contribution is 0.570. The molecule has 0 fully saturated rings. The molecule has 0 aromatic heterocycles. The Morgan fingerprint density at radius 2 is 0.767 bits per heavy atom. The van der Waals surface area contributed by atoms with Crippen molar-refractivity contribution in [3.63, 3.8) is 0 Å². The van der Waals surface area contributed by atoms with Crippen LogP contribution in [0, 0.1) is 0 Å². The van der Waals surface area contributed by atoms with Gasteiger partial charge in [-0.3, -0.25) is 0 Å². The van der Waals surface area contributed by atoms with Crippen LogP contribution in [-0.2, 0) is 21.7 Å². The Hall–Kier alpha value is -1.03. The first-order valence-electron chi connectivity index (χ1n) is 11.6. The van der Waals surface area contributed by atoms with Crippen LogP contribution < -0.4 is 8.85 Å². The fourth-order valence-electron chi connectivity index (χ4n) is 4.27. The fraction of sp³-hybridized carbons (Fsp3) is 0.586. The van der Waals surface area contributed by atoms with Gasteiger partial charge in [-0.15, -0.1) is 8.85 Å². The number of rotatable bonds is 2. The molecular weight excluding hydrogens is 375 g/mol. The number of hydrogen-bond acceptors (Lipinski definition) is 0. The molecule has 0 bridgehead atoms. The minimum atomic E-state index is -1.35. The summed E-state index contributed by atoms with van der Waals surface area (Å²) in [7, 11) is 0. The molecule has 0 atom stereocenters. The van der Waals surface area contributed by atoms with E-state index in [1.54, 1.807) is 8.85 Å². The molecule has 2 rings (SSSR count). The van der Waals surface area contributed by atoms with Gasteiger partial charge in [-0.05, 0) is 32.8 Å². The zero-order chi connectivity index (χ0) is 23.3. The SMILES string of the molecule is [CH3][Al]([c]1ccc(C(C)(C)C)cc1C(C)(C)C)[c]1ccc(C(C)(C)C)cc1C(C)(C)C. The number of benzene rings is 2. The zero-order valence-electron chi connectivity index (χ0n) is 22.0. The summed E-state index contributed by atoms with van der Waals surface area (Å²) < 4.78 is 3.20. The highest BCUT2D eigenvalue weighted by molar-refractivity contribution is 6.84. The van der Waals surface area contributed by atoms with Gasteiger partial charge in [0.25, 0.3) is 0 Å². The molecule has 0 spiro atoms. The van der Waals surface area contributed by atoms with E-state index in [1.165, 1.54) is 22.3 Å². The predicted molar refractivity (Wildman–Crippen MR) is 139 cm³/mol. The van der Waals surface area contributed by atoms with Crippen LogP contribution in [0.1, 0.15) is 105 Å². The average molecular weight is 421 g/mol. The Kier molecular flexibility index (Phi) is 6.85. The highest BCUT2D eigenvalue weighted by atomic mass is 27.2. The third-order valence-corrected chi connectivity index (χ3v) is 9.26. The van der Waals surface area contributed by atoms with Crippen molar-refractivity contribution < 1.29 is 0 Å². The number of hydrogen-bond donors (Lipinski definition) is 0. The second-order valence-corrected chi connectivity index (χ2v) is 16.0. The van der Waals surface area contributed by atoms with Crippen molar-refractivity contribution in [1.29, 1.82) is 0 Å². The van der Waals surface area contributed by atoms with Crippen LogP contribution in [0.15, 0.2) is 36.4 Å². The second kappa shape index (κ2) is 8.15. The Morgan fingerprint density at radius 1 is 0.467 bits per heavy atom. The molecule has 2 aromatic rings. The summed E-state index contributed by atoms with van der Waals surface area (Å²) in [5, 5.41) is 0. The molecule has 0 aliphatic rings. The smallest absolute Gasteiger partial charge is 0.101 e. The van der Waals surface area contributed by atoms with Crippen LogP contribution in [0.5, 0.6) is 0 Å². The molecule has 0 unspecified atom stereocenters. The zero-order valence-corrected chi connectivity index (χ0v) is 23.2. The van der Waals surface area contributed by atoms with Crippen molar-refractivity contribution in [3.8, 4) is 0 Å². The van der Waals surface area contributed by atoms with E-state index in [1.807, 2.05) is 0 Å². The highest BCUT2D eigenvalue weighted by Gasteiger charge is 2.31. The lowest BCUT2D eigenvalue weighted by Crippen LogP contribution is -2.47. The van der Waals surface area contributed by atoms with Gasteiger partial charge in [-0.1, -0.05) is 136 Å². The Morgan fingerprint density at radius 3 is 1.00 bits per heavy atom. The first-order valence-corrected chi connectivity index (χ1v) is 13.9. The maximum atomic E-state index is 2.53. The summed E-state index contributed by atoms with van der Waals surface area (Å²) in [5.41, 5.74) is 6.59. The van der Waals surface area contributed by atoms with Gasteiger partial charge in [0.2, 0.25) is 0 Å². The lowest BCUT2D eigenvalue weighted by Gasteiger charge is -2.32. The molecule has 0 saturated carbocycles. The van der Waals surface area contributed by atoms with Gasteiger partial charge in [0.15, 0.2) is 0 Å². The van der Waals surface area contributed by atoms with E-state index in [-0.39, 0.29) is 21.7 Å². The molecule has 2 aromatic carbocycles. The van der Waals surface area contributed by atoms with Crippen molar-refractivity contribution in [2.24, 2.45) is 0 Å². The van der Waals surface area contributed by atoms with Crippen LogP contribution in [0.4, 0.5) is 0 Å². The van der Waals surface area contributed by atoms with E-state index in [4.69, 9.17) is 0 Å². The standard InChI is InChI=1S/2C14H21.CH3.Al/c2*1-13(2,3)11-8-7-9-12(10-11)14(4,5)6;;/h2*7-8,10H,1-6H3;1H3;. The molecule has 0 aliphatic carbocycles. The van der Waals surface area contributed by atoms with E-state index in [0.717, 1.165) is 0 Å². The van der Waals surface area contributed by atoms with Gasteiger partial charge < -0.3 is 0 Å². The molecule has 0 saturated heterocycles. The highest BCUT2D eigenvalue weighted by Crippen LogP contribution is 2.30. The molecule has 164 valence electrons. The maximum absolute atomic E-state index is 2.53. The van der Waals surface area contributed by atoms with Crippen molar-refractivity contribution in [2.75, 3.05) is 0 Å². The van der Waals surface area contributed by atoms with Crippen LogP contribution in [0.25, 0.3) is 0 Å².